The maximum atomic E-state index is 13.2. The number of methoxy groups -OCH3 is 1. The van der Waals surface area contributed by atoms with Gasteiger partial charge in [-0.15, -0.1) is 11.8 Å². The normalized spacial score (nSPS) is 14.4. The standard InChI is InChI=1S/C21H21NO3S/c1-5-26-19-18(15-7-6-13(2)14(3)12-15)20(23)22(21(19)24)16-8-10-17(25-4)11-9-16/h6-12H,5H2,1-4H3. The molecular weight excluding hydrogens is 346 g/mol. The predicted molar refractivity (Wildman–Crippen MR) is 106 cm³/mol. The Labute approximate surface area is 157 Å². The molecule has 5 heteroatoms. The molecule has 2 amide bonds. The summed E-state index contributed by atoms with van der Waals surface area (Å²) >= 11 is 1.41. The zero-order valence-electron chi connectivity index (χ0n) is 15.3. The van der Waals surface area contributed by atoms with Crippen LogP contribution in [0.15, 0.2) is 47.4 Å². The Balaban J connectivity index is 2.07. The fourth-order valence-electron chi connectivity index (χ4n) is 2.91. The van der Waals surface area contributed by atoms with E-state index in [0.29, 0.717) is 21.9 Å². The van der Waals surface area contributed by atoms with Crippen molar-refractivity contribution in [1.82, 2.24) is 0 Å². The Bertz CT molecular complexity index is 900. The van der Waals surface area contributed by atoms with Crippen LogP contribution in [0.4, 0.5) is 5.69 Å². The number of imide groups is 1. The van der Waals surface area contributed by atoms with Crippen molar-refractivity contribution in [2.24, 2.45) is 0 Å². The molecule has 1 heterocycles. The number of hydrogen-bond donors (Lipinski definition) is 0. The predicted octanol–water partition coefficient (Wildman–Crippen LogP) is 4.35. The monoisotopic (exact) mass is 367 g/mol. The van der Waals surface area contributed by atoms with Crippen LogP contribution >= 0.6 is 11.8 Å². The van der Waals surface area contributed by atoms with Gasteiger partial charge in [-0.2, -0.15) is 0 Å². The molecule has 1 aliphatic heterocycles. The summed E-state index contributed by atoms with van der Waals surface area (Å²) in [6, 6.07) is 12.8. The number of amides is 2. The Kier molecular flexibility index (Phi) is 5.18. The Morgan fingerprint density at radius 1 is 0.962 bits per heavy atom. The van der Waals surface area contributed by atoms with Gasteiger partial charge in [-0.1, -0.05) is 25.1 Å². The first-order valence-corrected chi connectivity index (χ1v) is 9.44. The first kappa shape index (κ1) is 18.3. The van der Waals surface area contributed by atoms with Crippen LogP contribution in [0.25, 0.3) is 5.57 Å². The molecule has 0 radical (unpaired) electrons. The summed E-state index contributed by atoms with van der Waals surface area (Å²) in [5.74, 6) is 0.858. The number of thioether (sulfide) groups is 1. The van der Waals surface area contributed by atoms with Crippen LogP contribution in [-0.2, 0) is 9.59 Å². The summed E-state index contributed by atoms with van der Waals surface area (Å²) in [4.78, 5) is 27.9. The maximum Gasteiger partial charge on any atom is 0.272 e. The zero-order valence-corrected chi connectivity index (χ0v) is 16.1. The van der Waals surface area contributed by atoms with Gasteiger partial charge in [-0.25, -0.2) is 4.90 Å². The molecular formula is C21H21NO3S. The topological polar surface area (TPSA) is 46.6 Å². The quantitative estimate of drug-likeness (QED) is 0.737. The molecule has 2 aromatic carbocycles. The highest BCUT2D eigenvalue weighted by Crippen LogP contribution is 2.39. The molecule has 0 saturated heterocycles. The van der Waals surface area contributed by atoms with E-state index in [1.165, 1.54) is 16.7 Å². The lowest BCUT2D eigenvalue weighted by molar-refractivity contribution is -0.119. The lowest BCUT2D eigenvalue weighted by atomic mass is 10.0. The van der Waals surface area contributed by atoms with E-state index in [9.17, 15) is 9.59 Å². The lowest BCUT2D eigenvalue weighted by Crippen LogP contribution is -2.31. The second kappa shape index (κ2) is 7.38. The van der Waals surface area contributed by atoms with Crippen molar-refractivity contribution in [3.05, 3.63) is 64.1 Å². The minimum absolute atomic E-state index is 0.264. The van der Waals surface area contributed by atoms with Crippen LogP contribution in [0.3, 0.4) is 0 Å². The second-order valence-corrected chi connectivity index (χ2v) is 7.35. The van der Waals surface area contributed by atoms with Gasteiger partial charge >= 0.3 is 0 Å². The number of anilines is 1. The molecule has 0 saturated carbocycles. The average Bonchev–Trinajstić information content (AvgIpc) is 2.88. The first-order valence-electron chi connectivity index (χ1n) is 8.45. The van der Waals surface area contributed by atoms with Gasteiger partial charge < -0.3 is 4.74 Å². The molecule has 3 rings (SSSR count). The van der Waals surface area contributed by atoms with Crippen LogP contribution < -0.4 is 9.64 Å². The van der Waals surface area contributed by atoms with Gasteiger partial charge in [-0.3, -0.25) is 9.59 Å². The highest BCUT2D eigenvalue weighted by atomic mass is 32.2. The Morgan fingerprint density at radius 2 is 1.65 bits per heavy atom. The first-order chi connectivity index (χ1) is 12.5. The number of carbonyl (C=O) groups excluding carboxylic acids is 2. The number of rotatable bonds is 5. The number of ether oxygens (including phenoxy) is 1. The third kappa shape index (κ3) is 3.15. The Morgan fingerprint density at radius 3 is 2.23 bits per heavy atom. The van der Waals surface area contributed by atoms with Crippen LogP contribution in [0.5, 0.6) is 5.75 Å². The third-order valence-electron chi connectivity index (χ3n) is 4.46. The van der Waals surface area contributed by atoms with Gasteiger partial charge in [0.1, 0.15) is 5.75 Å². The van der Waals surface area contributed by atoms with E-state index in [4.69, 9.17) is 4.74 Å². The van der Waals surface area contributed by atoms with E-state index in [-0.39, 0.29) is 11.8 Å². The average molecular weight is 367 g/mol. The van der Waals surface area contributed by atoms with Gasteiger partial charge in [0, 0.05) is 0 Å². The summed E-state index contributed by atoms with van der Waals surface area (Å²) in [5.41, 5.74) is 4.08. The van der Waals surface area contributed by atoms with Crippen LogP contribution in [0.1, 0.15) is 23.6 Å². The SMILES string of the molecule is CCSC1=C(c2ccc(C)c(C)c2)C(=O)N(c2ccc(OC)cc2)C1=O. The highest BCUT2D eigenvalue weighted by Gasteiger charge is 2.40. The van der Waals surface area contributed by atoms with Gasteiger partial charge in [0.05, 0.1) is 23.3 Å². The van der Waals surface area contributed by atoms with E-state index < -0.39 is 0 Å². The summed E-state index contributed by atoms with van der Waals surface area (Å²) < 4.78 is 5.16. The number of aryl methyl sites for hydroxylation is 2. The van der Waals surface area contributed by atoms with Gasteiger partial charge in [-0.05, 0) is 60.6 Å². The van der Waals surface area contributed by atoms with Gasteiger partial charge in [0.25, 0.3) is 11.8 Å². The summed E-state index contributed by atoms with van der Waals surface area (Å²) in [5, 5.41) is 0. The minimum atomic E-state index is -0.278. The molecule has 4 nitrogen and oxygen atoms in total. The molecule has 0 aromatic heterocycles. The van der Waals surface area contributed by atoms with Crippen molar-refractivity contribution < 1.29 is 14.3 Å². The van der Waals surface area contributed by atoms with Crippen molar-refractivity contribution in [3.63, 3.8) is 0 Å². The van der Waals surface area contributed by atoms with Crippen LogP contribution in [-0.4, -0.2) is 24.7 Å². The number of nitrogens with zero attached hydrogens (tertiary/aromatic N) is 1. The summed E-state index contributed by atoms with van der Waals surface area (Å²) in [7, 11) is 1.58. The van der Waals surface area contributed by atoms with Crippen molar-refractivity contribution in [3.8, 4) is 5.75 Å². The van der Waals surface area contributed by atoms with Crippen LogP contribution in [0.2, 0.25) is 0 Å². The van der Waals surface area contributed by atoms with Crippen molar-refractivity contribution >= 4 is 34.8 Å². The van der Waals surface area contributed by atoms with E-state index >= 15 is 0 Å². The van der Waals surface area contributed by atoms with Crippen molar-refractivity contribution in [2.75, 3.05) is 17.8 Å². The zero-order chi connectivity index (χ0) is 18.8. The third-order valence-corrected chi connectivity index (χ3v) is 5.41. The molecule has 134 valence electrons. The molecule has 2 aromatic rings. The highest BCUT2D eigenvalue weighted by molar-refractivity contribution is 8.04. The molecule has 0 spiro atoms. The maximum absolute atomic E-state index is 13.2. The van der Waals surface area contributed by atoms with Gasteiger partial charge in [0.15, 0.2) is 0 Å². The number of benzene rings is 2. The van der Waals surface area contributed by atoms with E-state index in [0.717, 1.165) is 22.4 Å². The fraction of sp³-hybridized carbons (Fsp3) is 0.238. The number of carbonyl (C=O) groups is 2. The molecule has 0 fully saturated rings. The van der Waals surface area contributed by atoms with Crippen molar-refractivity contribution in [1.29, 1.82) is 0 Å². The molecule has 0 aliphatic carbocycles. The molecule has 26 heavy (non-hydrogen) atoms. The summed E-state index contributed by atoms with van der Waals surface area (Å²) in [6.07, 6.45) is 0. The lowest BCUT2D eigenvalue weighted by Gasteiger charge is -2.15. The van der Waals surface area contributed by atoms with Gasteiger partial charge in [0.2, 0.25) is 0 Å². The molecule has 0 bridgehead atoms. The number of hydrogen-bond acceptors (Lipinski definition) is 4. The van der Waals surface area contributed by atoms with Crippen LogP contribution in [0, 0.1) is 13.8 Å². The largest absolute Gasteiger partial charge is 0.497 e. The Hall–Kier alpha value is -2.53. The minimum Gasteiger partial charge on any atom is -0.497 e. The molecule has 0 unspecified atom stereocenters. The molecule has 0 atom stereocenters. The molecule has 1 aliphatic rings. The smallest absolute Gasteiger partial charge is 0.272 e. The van der Waals surface area contributed by atoms with E-state index in [2.05, 4.69) is 0 Å². The van der Waals surface area contributed by atoms with E-state index in [1.807, 2.05) is 39.0 Å². The van der Waals surface area contributed by atoms with Crippen molar-refractivity contribution in [2.45, 2.75) is 20.8 Å². The summed E-state index contributed by atoms with van der Waals surface area (Å²) in [6.45, 7) is 6.01. The molecule has 0 N–H and O–H groups in total. The van der Waals surface area contributed by atoms with E-state index in [1.54, 1.807) is 31.4 Å². The second-order valence-electron chi connectivity index (χ2n) is 6.08. The fourth-order valence-corrected chi connectivity index (χ4v) is 3.76.